The molecule has 0 amide bonds. The van der Waals surface area contributed by atoms with Gasteiger partial charge in [0.2, 0.25) is 0 Å². The fourth-order valence-electron chi connectivity index (χ4n) is 4.37. The summed E-state index contributed by atoms with van der Waals surface area (Å²) in [7, 11) is 3.33. The number of hydrogen-bond acceptors (Lipinski definition) is 5. The fourth-order valence-corrected chi connectivity index (χ4v) is 4.37. The molecule has 1 atom stereocenters. The Labute approximate surface area is 160 Å². The van der Waals surface area contributed by atoms with Crippen molar-refractivity contribution in [3.63, 3.8) is 0 Å². The van der Waals surface area contributed by atoms with Gasteiger partial charge in [0.25, 0.3) is 0 Å². The molecule has 3 heterocycles. The molecule has 5 rings (SSSR count). The minimum atomic E-state index is 0.328. The zero-order valence-corrected chi connectivity index (χ0v) is 16.1. The molecule has 2 aromatic carbocycles. The third-order valence-electron chi connectivity index (χ3n) is 6.01. The van der Waals surface area contributed by atoms with Gasteiger partial charge < -0.3 is 24.8 Å². The Kier molecular flexibility index (Phi) is 5.23. The minimum Gasteiger partial charge on any atom is -0.508 e. The van der Waals surface area contributed by atoms with Crippen molar-refractivity contribution in [3.05, 3.63) is 42.0 Å². The quantitative estimate of drug-likeness (QED) is 0.820. The van der Waals surface area contributed by atoms with E-state index in [2.05, 4.69) is 10.2 Å². The zero-order chi connectivity index (χ0) is 18.8. The molecule has 0 aromatic heterocycles. The normalized spacial score (nSPS) is 24.0. The van der Waals surface area contributed by atoms with Gasteiger partial charge in [-0.2, -0.15) is 0 Å². The standard InChI is InChI=1S/C22H28N2O3/c1-26-18-4-6-22(27-2)19(12-18)16-3-5-21(25)17(11-16)13-23-20-14-24-9-7-15(20)8-10-24/h3-6,11-12,15,20,23,25H,7-10,13-14H2,1-2H3. The Morgan fingerprint density at radius 1 is 1.07 bits per heavy atom. The number of nitrogens with zero attached hydrogens (tertiary/aromatic N) is 1. The number of ether oxygens (including phenoxy) is 2. The van der Waals surface area contributed by atoms with Crippen molar-refractivity contribution < 1.29 is 14.6 Å². The molecule has 2 aromatic rings. The van der Waals surface area contributed by atoms with Gasteiger partial charge in [0.15, 0.2) is 0 Å². The molecule has 1 unspecified atom stereocenters. The number of fused-ring (bicyclic) bond motifs is 3. The summed E-state index contributed by atoms with van der Waals surface area (Å²) < 4.78 is 10.9. The lowest BCUT2D eigenvalue weighted by Crippen LogP contribution is -2.55. The average Bonchev–Trinajstić information content (AvgIpc) is 2.73. The molecule has 0 saturated carbocycles. The topological polar surface area (TPSA) is 54.0 Å². The van der Waals surface area contributed by atoms with E-state index in [4.69, 9.17) is 9.47 Å². The Bertz CT molecular complexity index is 800. The summed E-state index contributed by atoms with van der Waals surface area (Å²) in [6.07, 6.45) is 2.56. The number of rotatable bonds is 6. The maximum atomic E-state index is 10.4. The molecule has 3 aliphatic heterocycles. The number of nitrogens with one attached hydrogen (secondary N) is 1. The van der Waals surface area contributed by atoms with Gasteiger partial charge in [-0.05, 0) is 67.7 Å². The number of phenols is 1. The van der Waals surface area contributed by atoms with Gasteiger partial charge in [-0.15, -0.1) is 0 Å². The molecule has 5 heteroatoms. The van der Waals surface area contributed by atoms with Crippen molar-refractivity contribution in [1.29, 1.82) is 0 Å². The van der Waals surface area contributed by atoms with Gasteiger partial charge in [-0.1, -0.05) is 6.07 Å². The fraction of sp³-hybridized carbons (Fsp3) is 0.455. The third-order valence-corrected chi connectivity index (χ3v) is 6.01. The van der Waals surface area contributed by atoms with Gasteiger partial charge in [-0.25, -0.2) is 0 Å². The maximum absolute atomic E-state index is 10.4. The lowest BCUT2D eigenvalue weighted by molar-refractivity contribution is 0.0719. The number of piperidine rings is 3. The first kappa shape index (κ1) is 18.1. The van der Waals surface area contributed by atoms with E-state index < -0.39 is 0 Å². The Balaban J connectivity index is 1.55. The van der Waals surface area contributed by atoms with Crippen LogP contribution in [0.15, 0.2) is 36.4 Å². The van der Waals surface area contributed by atoms with E-state index in [9.17, 15) is 5.11 Å². The van der Waals surface area contributed by atoms with E-state index in [1.807, 2.05) is 30.3 Å². The predicted octanol–water partition coefficient (Wildman–Crippen LogP) is 3.26. The lowest BCUT2D eigenvalue weighted by atomic mass is 9.84. The van der Waals surface area contributed by atoms with Crippen LogP contribution in [0, 0.1) is 5.92 Å². The molecule has 3 aliphatic rings. The monoisotopic (exact) mass is 368 g/mol. The van der Waals surface area contributed by atoms with Crippen LogP contribution in [0.1, 0.15) is 18.4 Å². The highest BCUT2D eigenvalue weighted by Crippen LogP contribution is 2.35. The van der Waals surface area contributed by atoms with Crippen molar-refractivity contribution in [2.45, 2.75) is 25.4 Å². The van der Waals surface area contributed by atoms with Crippen LogP contribution in [-0.2, 0) is 6.54 Å². The van der Waals surface area contributed by atoms with E-state index in [1.165, 1.54) is 25.9 Å². The van der Waals surface area contributed by atoms with Crippen LogP contribution in [0.3, 0.4) is 0 Å². The minimum absolute atomic E-state index is 0.328. The molecule has 0 aliphatic carbocycles. The number of benzene rings is 2. The van der Waals surface area contributed by atoms with E-state index in [0.29, 0.717) is 18.3 Å². The van der Waals surface area contributed by atoms with Crippen LogP contribution in [-0.4, -0.2) is 49.9 Å². The highest BCUT2D eigenvalue weighted by Gasteiger charge is 2.33. The molecule has 2 N–H and O–H groups in total. The molecule has 2 bridgehead atoms. The van der Waals surface area contributed by atoms with Crippen molar-refractivity contribution in [2.75, 3.05) is 33.9 Å². The van der Waals surface area contributed by atoms with Crippen LogP contribution in [0.25, 0.3) is 11.1 Å². The van der Waals surface area contributed by atoms with Crippen LogP contribution in [0.2, 0.25) is 0 Å². The highest BCUT2D eigenvalue weighted by molar-refractivity contribution is 5.73. The number of aromatic hydroxyl groups is 1. The van der Waals surface area contributed by atoms with Crippen LogP contribution < -0.4 is 14.8 Å². The Morgan fingerprint density at radius 3 is 2.56 bits per heavy atom. The second-order valence-corrected chi connectivity index (χ2v) is 7.54. The molecule has 3 saturated heterocycles. The molecular formula is C22H28N2O3. The lowest BCUT2D eigenvalue weighted by Gasteiger charge is -2.45. The SMILES string of the molecule is COc1ccc(OC)c(-c2ccc(O)c(CNC3CN4CCC3CC4)c2)c1. The van der Waals surface area contributed by atoms with Gasteiger partial charge in [-0.3, -0.25) is 0 Å². The van der Waals surface area contributed by atoms with E-state index in [0.717, 1.165) is 40.7 Å². The first-order valence-electron chi connectivity index (χ1n) is 9.68. The zero-order valence-electron chi connectivity index (χ0n) is 16.1. The summed E-state index contributed by atoms with van der Waals surface area (Å²) in [5.74, 6) is 2.66. The van der Waals surface area contributed by atoms with Crippen LogP contribution >= 0.6 is 0 Å². The summed E-state index contributed by atoms with van der Waals surface area (Å²) in [6, 6.07) is 12.0. The van der Waals surface area contributed by atoms with Gasteiger partial charge in [0, 0.05) is 30.3 Å². The highest BCUT2D eigenvalue weighted by atomic mass is 16.5. The number of hydrogen-bond donors (Lipinski definition) is 2. The number of phenolic OH excluding ortho intramolecular Hbond substituents is 1. The third kappa shape index (κ3) is 3.75. The summed E-state index contributed by atoms with van der Waals surface area (Å²) >= 11 is 0. The van der Waals surface area contributed by atoms with Crippen molar-refractivity contribution in [3.8, 4) is 28.4 Å². The average molecular weight is 368 g/mol. The first-order chi connectivity index (χ1) is 13.2. The number of methoxy groups -OCH3 is 2. The second kappa shape index (κ2) is 7.79. The van der Waals surface area contributed by atoms with E-state index in [1.54, 1.807) is 20.3 Å². The molecular weight excluding hydrogens is 340 g/mol. The van der Waals surface area contributed by atoms with Crippen LogP contribution in [0.4, 0.5) is 0 Å². The second-order valence-electron chi connectivity index (χ2n) is 7.54. The van der Waals surface area contributed by atoms with Crippen LogP contribution in [0.5, 0.6) is 17.2 Å². The summed E-state index contributed by atoms with van der Waals surface area (Å²) in [4.78, 5) is 2.54. The Morgan fingerprint density at radius 2 is 1.89 bits per heavy atom. The molecule has 5 nitrogen and oxygen atoms in total. The van der Waals surface area contributed by atoms with Crippen molar-refractivity contribution in [1.82, 2.24) is 10.2 Å². The van der Waals surface area contributed by atoms with Crippen molar-refractivity contribution in [2.24, 2.45) is 5.92 Å². The molecule has 144 valence electrons. The smallest absolute Gasteiger partial charge is 0.126 e. The van der Waals surface area contributed by atoms with Gasteiger partial charge in [0.1, 0.15) is 17.2 Å². The van der Waals surface area contributed by atoms with E-state index in [-0.39, 0.29) is 0 Å². The maximum Gasteiger partial charge on any atom is 0.126 e. The van der Waals surface area contributed by atoms with Gasteiger partial charge in [0.05, 0.1) is 14.2 Å². The summed E-state index contributed by atoms with van der Waals surface area (Å²) in [6.45, 7) is 4.26. The largest absolute Gasteiger partial charge is 0.508 e. The van der Waals surface area contributed by atoms with Crippen molar-refractivity contribution >= 4 is 0 Å². The summed E-state index contributed by atoms with van der Waals surface area (Å²) in [5.41, 5.74) is 2.88. The Hall–Kier alpha value is -2.24. The molecule has 27 heavy (non-hydrogen) atoms. The van der Waals surface area contributed by atoms with E-state index >= 15 is 0 Å². The first-order valence-corrected chi connectivity index (χ1v) is 9.68. The molecule has 0 spiro atoms. The summed E-state index contributed by atoms with van der Waals surface area (Å²) in [5, 5.41) is 14.0. The predicted molar refractivity (Wildman–Crippen MR) is 106 cm³/mol. The molecule has 0 radical (unpaired) electrons. The molecule has 3 fully saturated rings. The van der Waals surface area contributed by atoms with Gasteiger partial charge >= 0.3 is 0 Å².